The number of aliphatic hydroxyl groups is 1. The number of aromatic hydroxyl groups is 2. The van der Waals surface area contributed by atoms with Crippen LogP contribution in [0.15, 0.2) is 18.2 Å². The molecule has 0 spiro atoms. The Hall–Kier alpha value is -1.59. The van der Waals surface area contributed by atoms with Gasteiger partial charge in [-0.2, -0.15) is 0 Å². The van der Waals surface area contributed by atoms with E-state index in [4.69, 9.17) is 5.11 Å². The Labute approximate surface area is 93.4 Å². The summed E-state index contributed by atoms with van der Waals surface area (Å²) in [5.41, 5.74) is 0.232. The number of benzene rings is 1. The van der Waals surface area contributed by atoms with Crippen LogP contribution in [0.5, 0.6) is 11.5 Å². The summed E-state index contributed by atoms with van der Waals surface area (Å²) in [4.78, 5) is 11.6. The molecule has 0 aliphatic rings. The number of carbonyl (C=O) groups excluding carboxylic acids is 1. The molecule has 4 N–H and O–H groups in total. The number of ketones is 1. The van der Waals surface area contributed by atoms with Crippen LogP contribution in [-0.4, -0.2) is 40.3 Å². The van der Waals surface area contributed by atoms with Gasteiger partial charge < -0.3 is 20.6 Å². The first-order valence-electron chi connectivity index (χ1n) is 4.93. The van der Waals surface area contributed by atoms with Gasteiger partial charge in [-0.1, -0.05) is 0 Å². The Balaban J connectivity index is 2.66. The van der Waals surface area contributed by atoms with Gasteiger partial charge in [-0.25, -0.2) is 0 Å². The van der Waals surface area contributed by atoms with Gasteiger partial charge in [-0.15, -0.1) is 0 Å². The lowest BCUT2D eigenvalue weighted by Gasteiger charge is -2.09. The second-order valence-electron chi connectivity index (χ2n) is 3.63. The highest BCUT2D eigenvalue weighted by atomic mass is 16.3. The number of Topliss-reactive ketones (excluding diaryl/α,β-unsaturated/α-hetero) is 1. The minimum atomic E-state index is -0.258. The average molecular weight is 225 g/mol. The van der Waals surface area contributed by atoms with E-state index < -0.39 is 0 Å². The van der Waals surface area contributed by atoms with Crippen molar-refractivity contribution in [2.75, 3.05) is 13.2 Å². The normalized spacial score (nSPS) is 12.4. The molecule has 1 unspecified atom stereocenters. The van der Waals surface area contributed by atoms with E-state index >= 15 is 0 Å². The van der Waals surface area contributed by atoms with Crippen molar-refractivity contribution >= 4 is 5.78 Å². The number of nitrogens with one attached hydrogen (secondary N) is 1. The SMILES string of the molecule is CC(CO)NCC(=O)c1cc(O)cc(O)c1. The molecule has 0 radical (unpaired) electrons. The van der Waals surface area contributed by atoms with Crippen molar-refractivity contribution in [3.8, 4) is 11.5 Å². The number of hydrogen-bond acceptors (Lipinski definition) is 5. The summed E-state index contributed by atoms with van der Waals surface area (Å²) in [6.45, 7) is 1.73. The maximum atomic E-state index is 11.6. The number of rotatable bonds is 5. The Morgan fingerprint density at radius 2 is 1.88 bits per heavy atom. The zero-order valence-corrected chi connectivity index (χ0v) is 8.97. The molecular formula is C11H15NO4. The predicted octanol–water partition coefficient (Wildman–Crippen LogP) is 0.251. The maximum absolute atomic E-state index is 11.6. The number of phenolic OH excluding ortho intramolecular Hbond substituents is 2. The number of aliphatic hydroxyl groups excluding tert-OH is 1. The van der Waals surface area contributed by atoms with E-state index in [-0.39, 0.29) is 42.0 Å². The number of phenols is 2. The molecule has 5 heteroatoms. The van der Waals surface area contributed by atoms with Crippen LogP contribution in [-0.2, 0) is 0 Å². The molecular weight excluding hydrogens is 210 g/mol. The van der Waals surface area contributed by atoms with Gasteiger partial charge in [-0.05, 0) is 19.1 Å². The van der Waals surface area contributed by atoms with Crippen molar-refractivity contribution < 1.29 is 20.1 Å². The van der Waals surface area contributed by atoms with Crippen molar-refractivity contribution in [2.45, 2.75) is 13.0 Å². The fraction of sp³-hybridized carbons (Fsp3) is 0.364. The van der Waals surface area contributed by atoms with Gasteiger partial charge in [0.05, 0.1) is 13.2 Å². The molecule has 1 atom stereocenters. The largest absolute Gasteiger partial charge is 0.508 e. The molecule has 1 aromatic carbocycles. The lowest BCUT2D eigenvalue weighted by molar-refractivity contribution is 0.0983. The molecule has 0 aliphatic heterocycles. The zero-order chi connectivity index (χ0) is 12.1. The highest BCUT2D eigenvalue weighted by molar-refractivity contribution is 5.98. The summed E-state index contributed by atoms with van der Waals surface area (Å²) in [6.07, 6.45) is 0. The average Bonchev–Trinajstić information content (AvgIpc) is 2.23. The first-order chi connectivity index (χ1) is 7.52. The molecule has 0 saturated heterocycles. The first kappa shape index (κ1) is 12.5. The minimum Gasteiger partial charge on any atom is -0.508 e. The van der Waals surface area contributed by atoms with Crippen LogP contribution in [0, 0.1) is 0 Å². The van der Waals surface area contributed by atoms with Gasteiger partial charge in [0.15, 0.2) is 5.78 Å². The van der Waals surface area contributed by atoms with Crippen molar-refractivity contribution in [3.05, 3.63) is 23.8 Å². The van der Waals surface area contributed by atoms with Crippen molar-refractivity contribution in [1.29, 1.82) is 0 Å². The van der Waals surface area contributed by atoms with Crippen LogP contribution in [0.1, 0.15) is 17.3 Å². The van der Waals surface area contributed by atoms with Crippen molar-refractivity contribution in [1.82, 2.24) is 5.32 Å². The molecule has 88 valence electrons. The fourth-order valence-corrected chi connectivity index (χ4v) is 1.19. The van der Waals surface area contributed by atoms with E-state index in [0.29, 0.717) is 0 Å². The molecule has 1 aromatic rings. The summed E-state index contributed by atoms with van der Waals surface area (Å²) >= 11 is 0. The summed E-state index contributed by atoms with van der Waals surface area (Å²) in [6, 6.07) is 3.55. The van der Waals surface area contributed by atoms with E-state index in [0.717, 1.165) is 6.07 Å². The molecule has 5 nitrogen and oxygen atoms in total. The summed E-state index contributed by atoms with van der Waals surface area (Å²) in [5.74, 6) is -0.566. The highest BCUT2D eigenvalue weighted by Crippen LogP contribution is 2.20. The molecule has 0 fully saturated rings. The predicted molar refractivity (Wildman–Crippen MR) is 58.7 cm³/mol. The third-order valence-electron chi connectivity index (χ3n) is 2.11. The van der Waals surface area contributed by atoms with E-state index in [1.54, 1.807) is 6.92 Å². The monoisotopic (exact) mass is 225 g/mol. The minimum absolute atomic E-state index is 0.0463. The zero-order valence-electron chi connectivity index (χ0n) is 8.97. The smallest absolute Gasteiger partial charge is 0.176 e. The van der Waals surface area contributed by atoms with Crippen LogP contribution in [0.25, 0.3) is 0 Å². The summed E-state index contributed by atoms with van der Waals surface area (Å²) in [5, 5.41) is 29.9. The molecule has 0 bridgehead atoms. The van der Waals surface area contributed by atoms with Crippen LogP contribution >= 0.6 is 0 Å². The molecule has 0 saturated carbocycles. The third kappa shape index (κ3) is 3.52. The molecule has 1 rings (SSSR count). The molecule has 0 aliphatic carbocycles. The van der Waals surface area contributed by atoms with Crippen LogP contribution < -0.4 is 5.32 Å². The van der Waals surface area contributed by atoms with Gasteiger partial charge in [-0.3, -0.25) is 4.79 Å². The van der Waals surface area contributed by atoms with Gasteiger partial charge in [0.2, 0.25) is 0 Å². The lowest BCUT2D eigenvalue weighted by atomic mass is 10.1. The standard InChI is InChI=1S/C11H15NO4/c1-7(6-13)12-5-11(16)8-2-9(14)4-10(15)3-8/h2-4,7,12-15H,5-6H2,1H3. The second kappa shape index (κ2) is 5.48. The van der Waals surface area contributed by atoms with E-state index in [1.807, 2.05) is 0 Å². The Morgan fingerprint density at radius 3 is 2.38 bits per heavy atom. The molecule has 0 amide bonds. The Kier molecular flexibility index (Phi) is 4.28. The highest BCUT2D eigenvalue weighted by Gasteiger charge is 2.09. The lowest BCUT2D eigenvalue weighted by Crippen LogP contribution is -2.33. The number of hydrogen-bond donors (Lipinski definition) is 4. The summed E-state index contributed by atoms with van der Waals surface area (Å²) < 4.78 is 0. The topological polar surface area (TPSA) is 89.8 Å². The van der Waals surface area contributed by atoms with Crippen LogP contribution in [0.2, 0.25) is 0 Å². The second-order valence-corrected chi connectivity index (χ2v) is 3.63. The van der Waals surface area contributed by atoms with Crippen molar-refractivity contribution in [3.63, 3.8) is 0 Å². The summed E-state index contributed by atoms with van der Waals surface area (Å²) in [7, 11) is 0. The van der Waals surface area contributed by atoms with Gasteiger partial charge in [0.1, 0.15) is 11.5 Å². The van der Waals surface area contributed by atoms with E-state index in [2.05, 4.69) is 5.32 Å². The van der Waals surface area contributed by atoms with Gasteiger partial charge >= 0.3 is 0 Å². The quantitative estimate of drug-likeness (QED) is 0.539. The maximum Gasteiger partial charge on any atom is 0.176 e. The van der Waals surface area contributed by atoms with E-state index in [1.165, 1.54) is 12.1 Å². The van der Waals surface area contributed by atoms with Crippen molar-refractivity contribution in [2.24, 2.45) is 0 Å². The van der Waals surface area contributed by atoms with Crippen LogP contribution in [0.3, 0.4) is 0 Å². The van der Waals surface area contributed by atoms with Gasteiger partial charge in [0.25, 0.3) is 0 Å². The first-order valence-corrected chi connectivity index (χ1v) is 4.93. The number of carbonyl (C=O) groups is 1. The van der Waals surface area contributed by atoms with E-state index in [9.17, 15) is 15.0 Å². The van der Waals surface area contributed by atoms with Gasteiger partial charge in [0, 0.05) is 17.7 Å². The molecule has 0 aromatic heterocycles. The third-order valence-corrected chi connectivity index (χ3v) is 2.11. The molecule has 16 heavy (non-hydrogen) atoms. The Bertz CT molecular complexity index is 358. The van der Waals surface area contributed by atoms with Crippen LogP contribution in [0.4, 0.5) is 0 Å². The fourth-order valence-electron chi connectivity index (χ4n) is 1.19. The molecule has 0 heterocycles. The Morgan fingerprint density at radius 1 is 1.31 bits per heavy atom.